The number of hydrogen-bond acceptors (Lipinski definition) is 2. The second-order valence-corrected chi connectivity index (χ2v) is 4.02. The Balaban J connectivity index is 2.64. The molecular formula is C9H16FN3O. The van der Waals surface area contributed by atoms with Crippen molar-refractivity contribution < 1.29 is 9.13 Å². The molecule has 5 heteroatoms. The summed E-state index contributed by atoms with van der Waals surface area (Å²) in [5.74, 6) is 0.382. The van der Waals surface area contributed by atoms with E-state index >= 15 is 0 Å². The lowest BCUT2D eigenvalue weighted by Gasteiger charge is -2.40. The summed E-state index contributed by atoms with van der Waals surface area (Å²) in [6.07, 6.45) is -1.52. The van der Waals surface area contributed by atoms with Gasteiger partial charge in [-0.2, -0.15) is 0 Å². The van der Waals surface area contributed by atoms with Crippen molar-refractivity contribution in [2.45, 2.75) is 33.2 Å². The standard InChI is InChI=1S/C9H16FN3O/c1-5-6(2)8(4-12-13-11)14-9(10)7(5)3/h5-9H,4H2,1-3H3/t5-,6+,7?,8?,9-/m0/s1. The average Bonchev–Trinajstić information content (AvgIpc) is 2.18. The highest BCUT2D eigenvalue weighted by molar-refractivity contribution is 4.83. The van der Waals surface area contributed by atoms with Crippen LogP contribution in [0.5, 0.6) is 0 Å². The van der Waals surface area contributed by atoms with Gasteiger partial charge in [0.15, 0.2) is 0 Å². The first-order chi connectivity index (χ1) is 6.57. The molecule has 1 aliphatic heterocycles. The van der Waals surface area contributed by atoms with E-state index in [-0.39, 0.29) is 30.4 Å². The minimum atomic E-state index is -1.24. The zero-order chi connectivity index (χ0) is 10.7. The van der Waals surface area contributed by atoms with Gasteiger partial charge in [0.05, 0.1) is 12.6 Å². The fourth-order valence-corrected chi connectivity index (χ4v) is 1.80. The number of rotatable bonds is 2. The largest absolute Gasteiger partial charge is 0.344 e. The van der Waals surface area contributed by atoms with E-state index in [1.807, 2.05) is 20.8 Å². The molecule has 4 nitrogen and oxygen atoms in total. The maximum absolute atomic E-state index is 13.3. The van der Waals surface area contributed by atoms with E-state index in [1.165, 1.54) is 0 Å². The van der Waals surface area contributed by atoms with E-state index in [9.17, 15) is 4.39 Å². The van der Waals surface area contributed by atoms with Crippen LogP contribution >= 0.6 is 0 Å². The smallest absolute Gasteiger partial charge is 0.201 e. The number of hydrogen-bond donors (Lipinski definition) is 0. The zero-order valence-electron chi connectivity index (χ0n) is 8.72. The lowest BCUT2D eigenvalue weighted by molar-refractivity contribution is -0.184. The Kier molecular flexibility index (Phi) is 3.72. The normalized spacial score (nSPS) is 43.0. The van der Waals surface area contributed by atoms with Crippen LogP contribution in [0.1, 0.15) is 20.8 Å². The van der Waals surface area contributed by atoms with Gasteiger partial charge in [-0.3, -0.25) is 0 Å². The first-order valence-corrected chi connectivity index (χ1v) is 4.88. The van der Waals surface area contributed by atoms with Crippen molar-refractivity contribution in [1.82, 2.24) is 0 Å². The van der Waals surface area contributed by atoms with E-state index in [1.54, 1.807) is 0 Å². The maximum atomic E-state index is 13.3. The van der Waals surface area contributed by atoms with E-state index in [2.05, 4.69) is 10.0 Å². The summed E-state index contributed by atoms with van der Waals surface area (Å²) in [5, 5.41) is 3.43. The van der Waals surface area contributed by atoms with Crippen molar-refractivity contribution in [3.05, 3.63) is 10.4 Å². The number of alkyl halides is 1. The lowest BCUT2D eigenvalue weighted by Crippen LogP contribution is -2.44. The van der Waals surface area contributed by atoms with Crippen molar-refractivity contribution >= 4 is 0 Å². The summed E-state index contributed by atoms with van der Waals surface area (Å²) in [6.45, 7) is 6.07. The summed E-state index contributed by atoms with van der Waals surface area (Å²) in [4.78, 5) is 2.66. The van der Waals surface area contributed by atoms with Crippen molar-refractivity contribution in [2.24, 2.45) is 22.9 Å². The van der Waals surface area contributed by atoms with Crippen molar-refractivity contribution in [1.29, 1.82) is 0 Å². The molecule has 14 heavy (non-hydrogen) atoms. The number of azide groups is 1. The Bertz CT molecular complexity index is 242. The summed E-state index contributed by atoms with van der Waals surface area (Å²) < 4.78 is 18.5. The van der Waals surface area contributed by atoms with Crippen molar-refractivity contribution in [3.63, 3.8) is 0 Å². The van der Waals surface area contributed by atoms with Crippen molar-refractivity contribution in [3.8, 4) is 0 Å². The fraction of sp³-hybridized carbons (Fsp3) is 1.00. The Labute approximate surface area is 83.1 Å². The predicted octanol–water partition coefficient (Wildman–Crippen LogP) is 2.90. The monoisotopic (exact) mass is 201 g/mol. The molecule has 0 aromatic rings. The van der Waals surface area contributed by atoms with Gasteiger partial charge in [0, 0.05) is 10.8 Å². The molecule has 0 radical (unpaired) electrons. The van der Waals surface area contributed by atoms with Gasteiger partial charge >= 0.3 is 0 Å². The summed E-state index contributed by atoms with van der Waals surface area (Å²) in [6, 6.07) is 0. The molecule has 0 N–H and O–H groups in total. The minimum absolute atomic E-state index is 0.0904. The number of nitrogens with zero attached hydrogens (tertiary/aromatic N) is 3. The van der Waals surface area contributed by atoms with Gasteiger partial charge in [0.2, 0.25) is 6.36 Å². The highest BCUT2D eigenvalue weighted by Gasteiger charge is 2.38. The van der Waals surface area contributed by atoms with Crippen LogP contribution in [0.2, 0.25) is 0 Å². The Morgan fingerprint density at radius 1 is 1.29 bits per heavy atom. The van der Waals surface area contributed by atoms with Gasteiger partial charge in [-0.05, 0) is 17.4 Å². The molecule has 0 spiro atoms. The molecule has 0 aromatic heterocycles. The Morgan fingerprint density at radius 3 is 2.50 bits per heavy atom. The highest BCUT2D eigenvalue weighted by atomic mass is 19.1. The van der Waals surface area contributed by atoms with Crippen LogP contribution in [0.3, 0.4) is 0 Å². The van der Waals surface area contributed by atoms with Crippen LogP contribution < -0.4 is 0 Å². The fourth-order valence-electron chi connectivity index (χ4n) is 1.80. The van der Waals surface area contributed by atoms with E-state index < -0.39 is 6.36 Å². The van der Waals surface area contributed by atoms with E-state index in [0.717, 1.165) is 0 Å². The highest BCUT2D eigenvalue weighted by Crippen LogP contribution is 2.35. The molecule has 1 fully saturated rings. The van der Waals surface area contributed by atoms with Crippen LogP contribution in [0.15, 0.2) is 5.11 Å². The van der Waals surface area contributed by atoms with Crippen LogP contribution in [-0.2, 0) is 4.74 Å². The summed E-state index contributed by atoms with van der Waals surface area (Å²) in [5.41, 5.74) is 8.18. The third kappa shape index (κ3) is 2.16. The molecule has 2 unspecified atom stereocenters. The third-order valence-corrected chi connectivity index (χ3v) is 3.29. The molecule has 0 aliphatic carbocycles. The van der Waals surface area contributed by atoms with Gasteiger partial charge in [-0.1, -0.05) is 25.9 Å². The molecule has 1 rings (SSSR count). The lowest BCUT2D eigenvalue weighted by atomic mass is 9.79. The van der Waals surface area contributed by atoms with Crippen molar-refractivity contribution in [2.75, 3.05) is 6.54 Å². The van der Waals surface area contributed by atoms with E-state index in [0.29, 0.717) is 0 Å². The molecule has 1 aliphatic rings. The molecule has 1 heterocycles. The second kappa shape index (κ2) is 4.62. The molecule has 0 amide bonds. The number of halogens is 1. The summed E-state index contributed by atoms with van der Waals surface area (Å²) in [7, 11) is 0. The number of ether oxygens (including phenoxy) is 1. The SMILES string of the molecule is CC1[C@@H](C)[C@@H](C)C(CN=[N+]=[N-])O[C@@H]1F. The van der Waals surface area contributed by atoms with E-state index in [4.69, 9.17) is 10.3 Å². The predicted molar refractivity (Wildman–Crippen MR) is 51.3 cm³/mol. The quantitative estimate of drug-likeness (QED) is 0.385. The van der Waals surface area contributed by atoms with Crippen LogP contribution in [0.4, 0.5) is 4.39 Å². The maximum Gasteiger partial charge on any atom is 0.201 e. The Morgan fingerprint density at radius 2 is 1.93 bits per heavy atom. The first kappa shape index (κ1) is 11.3. The molecule has 1 saturated heterocycles. The molecule has 0 saturated carbocycles. The molecule has 0 aromatic carbocycles. The molecular weight excluding hydrogens is 185 g/mol. The van der Waals surface area contributed by atoms with Gasteiger partial charge in [-0.25, -0.2) is 4.39 Å². The van der Waals surface area contributed by atoms with Gasteiger partial charge in [0.1, 0.15) is 0 Å². The van der Waals surface area contributed by atoms with Crippen LogP contribution in [-0.4, -0.2) is 19.0 Å². The molecule has 5 atom stereocenters. The van der Waals surface area contributed by atoms with Crippen LogP contribution in [0, 0.1) is 17.8 Å². The summed E-state index contributed by atoms with van der Waals surface area (Å²) >= 11 is 0. The topological polar surface area (TPSA) is 58.0 Å². The third-order valence-electron chi connectivity index (χ3n) is 3.29. The Hall–Kier alpha value is -0.800. The first-order valence-electron chi connectivity index (χ1n) is 4.88. The molecule has 80 valence electrons. The van der Waals surface area contributed by atoms with Gasteiger partial charge < -0.3 is 4.74 Å². The molecule has 0 bridgehead atoms. The average molecular weight is 201 g/mol. The van der Waals surface area contributed by atoms with Gasteiger partial charge in [0.25, 0.3) is 0 Å². The minimum Gasteiger partial charge on any atom is -0.344 e. The van der Waals surface area contributed by atoms with Gasteiger partial charge in [-0.15, -0.1) is 0 Å². The zero-order valence-corrected chi connectivity index (χ0v) is 8.72. The second-order valence-electron chi connectivity index (χ2n) is 4.02. The van der Waals surface area contributed by atoms with Crippen LogP contribution in [0.25, 0.3) is 10.4 Å².